The average Bonchev–Trinajstić information content (AvgIpc) is 2.08. The van der Waals surface area contributed by atoms with Gasteiger partial charge in [-0.1, -0.05) is 0 Å². The van der Waals surface area contributed by atoms with Gasteiger partial charge in [0.15, 0.2) is 0 Å². The smallest absolute Gasteiger partial charge is 0.357 e. The molecule has 0 saturated heterocycles. The van der Waals surface area contributed by atoms with Crippen molar-refractivity contribution in [3.63, 3.8) is 0 Å². The fraction of sp³-hybridized carbons (Fsp3) is 0.143. The van der Waals surface area contributed by atoms with Gasteiger partial charge in [-0.25, -0.2) is 0 Å². The van der Waals surface area contributed by atoms with Crippen LogP contribution in [0, 0.1) is 11.8 Å². The molecule has 1 rings (SSSR count). The van der Waals surface area contributed by atoms with Crippen LogP contribution in [0.1, 0.15) is 5.56 Å². The van der Waals surface area contributed by atoms with Crippen LogP contribution >= 0.6 is 0 Å². The fourth-order valence-electron chi connectivity index (χ4n) is 0.861. The molecule has 13 heavy (non-hydrogen) atoms. The quantitative estimate of drug-likeness (QED) is 0.598. The first-order valence-electron chi connectivity index (χ1n) is 3.36. The van der Waals surface area contributed by atoms with E-state index in [9.17, 15) is 9.12 Å². The highest BCUT2D eigenvalue weighted by atomic mass is 32.2. The lowest BCUT2D eigenvalue weighted by Crippen LogP contribution is -1.98. The second-order valence-electron chi connectivity index (χ2n) is 2.34. The molecule has 1 N–H and O–H groups in total. The summed E-state index contributed by atoms with van der Waals surface area (Å²) in [4.78, 5) is 10.1. The lowest BCUT2D eigenvalue weighted by molar-refractivity contribution is 0.456. The van der Waals surface area contributed by atoms with Crippen LogP contribution in [-0.4, -0.2) is 8.76 Å². The van der Waals surface area contributed by atoms with E-state index in [4.69, 9.17) is 4.55 Å². The van der Waals surface area contributed by atoms with E-state index < -0.39 is 11.4 Å². The highest BCUT2D eigenvalue weighted by Crippen LogP contribution is 2.23. The van der Waals surface area contributed by atoms with Crippen LogP contribution < -0.4 is 4.18 Å². The van der Waals surface area contributed by atoms with Gasteiger partial charge < -0.3 is 4.18 Å². The van der Waals surface area contributed by atoms with Gasteiger partial charge in [-0.3, -0.25) is 4.55 Å². The zero-order valence-electron chi connectivity index (χ0n) is 6.76. The van der Waals surface area contributed by atoms with Crippen molar-refractivity contribution in [1.29, 1.82) is 0 Å². The molecule has 70 valence electrons. The predicted molar refractivity (Wildman–Crippen MR) is 48.0 cm³/mol. The number of nitroso groups, excluding NO2 is 1. The largest absolute Gasteiger partial charge is 0.380 e. The summed E-state index contributed by atoms with van der Waals surface area (Å²) in [5, 5.41) is 2.71. The van der Waals surface area contributed by atoms with Crippen LogP contribution in [0.15, 0.2) is 23.4 Å². The van der Waals surface area contributed by atoms with Crippen molar-refractivity contribution in [1.82, 2.24) is 0 Å². The van der Waals surface area contributed by atoms with Gasteiger partial charge in [0.1, 0.15) is 11.4 Å². The van der Waals surface area contributed by atoms with E-state index in [1.807, 2.05) is 0 Å². The summed E-state index contributed by atoms with van der Waals surface area (Å²) in [6.07, 6.45) is 0. The SMILES string of the molecule is Cc1cc(N=O)ccc1OS(=O)O. The van der Waals surface area contributed by atoms with E-state index >= 15 is 0 Å². The van der Waals surface area contributed by atoms with Crippen LogP contribution in [0.4, 0.5) is 5.69 Å². The topological polar surface area (TPSA) is 76.0 Å². The van der Waals surface area contributed by atoms with E-state index in [0.29, 0.717) is 5.56 Å². The zero-order valence-corrected chi connectivity index (χ0v) is 7.58. The first-order chi connectivity index (χ1) is 6.13. The maximum atomic E-state index is 10.3. The standard InChI is InChI=1S/C7H7NO4S/c1-5-4-6(8-9)2-3-7(5)12-13(10)11/h2-4H,1H3,(H,10,11). The Morgan fingerprint density at radius 1 is 1.54 bits per heavy atom. The molecular weight excluding hydrogens is 194 g/mol. The summed E-state index contributed by atoms with van der Waals surface area (Å²) < 4.78 is 23.2. The molecule has 0 fully saturated rings. The predicted octanol–water partition coefficient (Wildman–Crippen LogP) is 1.91. The Hall–Kier alpha value is -1.27. The maximum Gasteiger partial charge on any atom is 0.357 e. The molecule has 0 amide bonds. The van der Waals surface area contributed by atoms with Gasteiger partial charge in [-0.15, -0.1) is 4.91 Å². The van der Waals surface area contributed by atoms with Crippen molar-refractivity contribution in [2.45, 2.75) is 6.92 Å². The first kappa shape index (κ1) is 9.82. The Kier molecular flexibility index (Phi) is 3.10. The highest BCUT2D eigenvalue weighted by Gasteiger charge is 2.03. The number of benzene rings is 1. The van der Waals surface area contributed by atoms with Crippen LogP contribution in [0.3, 0.4) is 0 Å². The van der Waals surface area contributed by atoms with Crippen LogP contribution in [0.25, 0.3) is 0 Å². The van der Waals surface area contributed by atoms with Crippen molar-refractivity contribution in [2.24, 2.45) is 5.18 Å². The van der Waals surface area contributed by atoms with Gasteiger partial charge in [0.05, 0.1) is 0 Å². The van der Waals surface area contributed by atoms with Crippen LogP contribution in [0.5, 0.6) is 5.75 Å². The van der Waals surface area contributed by atoms with Crippen molar-refractivity contribution >= 4 is 17.0 Å². The fourth-order valence-corrected chi connectivity index (χ4v) is 1.20. The molecule has 5 nitrogen and oxygen atoms in total. The molecule has 0 radical (unpaired) electrons. The van der Waals surface area contributed by atoms with Crippen molar-refractivity contribution in [3.05, 3.63) is 28.7 Å². The van der Waals surface area contributed by atoms with Crippen molar-refractivity contribution in [3.8, 4) is 5.75 Å². The van der Waals surface area contributed by atoms with E-state index in [-0.39, 0.29) is 11.4 Å². The summed E-state index contributed by atoms with van der Waals surface area (Å²) in [7, 11) is 0. The number of aryl methyl sites for hydroxylation is 1. The molecule has 0 aromatic heterocycles. The van der Waals surface area contributed by atoms with Crippen LogP contribution in [-0.2, 0) is 11.4 Å². The molecule has 0 aliphatic heterocycles. The molecule has 1 atom stereocenters. The summed E-state index contributed by atoms with van der Waals surface area (Å²) in [5.74, 6) is 0.258. The number of hydrogen-bond donors (Lipinski definition) is 1. The summed E-state index contributed by atoms with van der Waals surface area (Å²) in [6, 6.07) is 4.29. The van der Waals surface area contributed by atoms with Gasteiger partial charge in [0.25, 0.3) is 0 Å². The van der Waals surface area contributed by atoms with Gasteiger partial charge in [-0.05, 0) is 35.9 Å². The number of hydrogen-bond acceptors (Lipinski definition) is 4. The summed E-state index contributed by atoms with van der Waals surface area (Å²) in [5.41, 5.74) is 0.841. The first-order valence-corrected chi connectivity index (χ1v) is 4.40. The minimum Gasteiger partial charge on any atom is -0.380 e. The third-order valence-electron chi connectivity index (χ3n) is 1.42. The van der Waals surface area contributed by atoms with Crippen molar-refractivity contribution < 1.29 is 12.9 Å². The Labute approximate surface area is 77.2 Å². The Morgan fingerprint density at radius 2 is 2.23 bits per heavy atom. The Morgan fingerprint density at radius 3 is 2.69 bits per heavy atom. The maximum absolute atomic E-state index is 10.3. The molecule has 6 heteroatoms. The monoisotopic (exact) mass is 201 g/mol. The molecule has 1 aromatic rings. The molecule has 1 aromatic carbocycles. The second-order valence-corrected chi connectivity index (χ2v) is 2.94. The van der Waals surface area contributed by atoms with Gasteiger partial charge in [0.2, 0.25) is 0 Å². The van der Waals surface area contributed by atoms with E-state index in [1.54, 1.807) is 6.92 Å². The zero-order chi connectivity index (χ0) is 9.84. The minimum absolute atomic E-state index is 0.258. The van der Waals surface area contributed by atoms with E-state index in [2.05, 4.69) is 9.36 Å². The number of nitrogens with zero attached hydrogens (tertiary/aromatic N) is 1. The number of rotatable bonds is 3. The lowest BCUT2D eigenvalue weighted by atomic mass is 10.2. The summed E-state index contributed by atoms with van der Waals surface area (Å²) >= 11 is -2.34. The lowest BCUT2D eigenvalue weighted by Gasteiger charge is -2.03. The van der Waals surface area contributed by atoms with Crippen molar-refractivity contribution in [2.75, 3.05) is 0 Å². The average molecular weight is 201 g/mol. The van der Waals surface area contributed by atoms with Gasteiger partial charge in [-0.2, -0.15) is 4.21 Å². The van der Waals surface area contributed by atoms with E-state index in [0.717, 1.165) is 0 Å². The molecule has 0 bridgehead atoms. The molecule has 0 saturated carbocycles. The molecule has 1 unspecified atom stereocenters. The second kappa shape index (κ2) is 4.11. The molecule has 0 aliphatic rings. The van der Waals surface area contributed by atoms with E-state index in [1.165, 1.54) is 18.2 Å². The normalized spacial score (nSPS) is 12.2. The highest BCUT2D eigenvalue weighted by molar-refractivity contribution is 7.74. The molecule has 0 spiro atoms. The third-order valence-corrected chi connectivity index (χ3v) is 1.75. The Bertz CT molecular complexity index is 352. The van der Waals surface area contributed by atoms with Gasteiger partial charge in [0, 0.05) is 0 Å². The van der Waals surface area contributed by atoms with Gasteiger partial charge >= 0.3 is 11.4 Å². The molecular formula is C7H7NO4S. The Balaban J connectivity index is 2.98. The summed E-state index contributed by atoms with van der Waals surface area (Å²) in [6.45, 7) is 1.65. The molecule has 0 heterocycles. The molecule has 0 aliphatic carbocycles. The minimum atomic E-state index is -2.34. The van der Waals surface area contributed by atoms with Crippen LogP contribution in [0.2, 0.25) is 0 Å². The third kappa shape index (κ3) is 2.60.